The molecule has 0 aliphatic heterocycles. The Balaban J connectivity index is 1.99. The number of benzene rings is 1. The maximum absolute atomic E-state index is 12.7. The number of sulfone groups is 1. The summed E-state index contributed by atoms with van der Waals surface area (Å²) in [5.74, 6) is -0.0760. The monoisotopic (exact) mass is 351 g/mol. The van der Waals surface area contributed by atoms with Crippen molar-refractivity contribution in [1.82, 2.24) is 4.90 Å². The highest BCUT2D eigenvalue weighted by Crippen LogP contribution is 2.25. The predicted molar refractivity (Wildman–Crippen MR) is 97.4 cm³/mol. The Morgan fingerprint density at radius 3 is 2.42 bits per heavy atom. The molecule has 1 aliphatic carbocycles. The molecule has 0 heterocycles. The van der Waals surface area contributed by atoms with Crippen LogP contribution in [-0.4, -0.2) is 36.3 Å². The summed E-state index contributed by atoms with van der Waals surface area (Å²) in [6.07, 6.45) is 4.45. The molecular weight excluding hydrogens is 322 g/mol. The van der Waals surface area contributed by atoms with Crippen LogP contribution >= 0.6 is 0 Å². The summed E-state index contributed by atoms with van der Waals surface area (Å²) >= 11 is 0. The molecule has 134 valence electrons. The second-order valence-electron chi connectivity index (χ2n) is 6.79. The van der Waals surface area contributed by atoms with Crippen molar-refractivity contribution >= 4 is 15.7 Å². The maximum Gasteiger partial charge on any atom is 0.224 e. The Morgan fingerprint density at radius 1 is 1.21 bits per heavy atom. The number of hydrogen-bond donors (Lipinski definition) is 0. The summed E-state index contributed by atoms with van der Waals surface area (Å²) in [7, 11) is -3.14. The number of hydrogen-bond acceptors (Lipinski definition) is 3. The zero-order chi connectivity index (χ0) is 17.6. The lowest BCUT2D eigenvalue weighted by Crippen LogP contribution is -2.39. The lowest BCUT2D eigenvalue weighted by atomic mass is 10.1. The summed E-state index contributed by atoms with van der Waals surface area (Å²) in [6.45, 7) is 4.61. The molecule has 24 heavy (non-hydrogen) atoms. The zero-order valence-corrected chi connectivity index (χ0v) is 15.6. The highest BCUT2D eigenvalue weighted by atomic mass is 32.2. The van der Waals surface area contributed by atoms with E-state index in [1.807, 2.05) is 49.1 Å². The molecule has 1 saturated carbocycles. The molecule has 0 aromatic heterocycles. The van der Waals surface area contributed by atoms with E-state index in [-0.39, 0.29) is 29.4 Å². The third-order valence-electron chi connectivity index (χ3n) is 5.05. The van der Waals surface area contributed by atoms with Crippen molar-refractivity contribution in [2.45, 2.75) is 70.2 Å². The van der Waals surface area contributed by atoms with E-state index in [0.29, 0.717) is 6.54 Å². The molecule has 1 fully saturated rings. The largest absolute Gasteiger partial charge is 0.336 e. The standard InChI is InChI=1S/C19H29NO3S/c1-3-16(2)20(15-17-9-5-4-6-10-17)19(21)13-14-24(22,23)18-11-7-8-12-18/h4-6,9-10,16,18H,3,7-8,11-15H2,1-2H3. The van der Waals surface area contributed by atoms with Crippen molar-refractivity contribution in [3.63, 3.8) is 0 Å². The van der Waals surface area contributed by atoms with Crippen molar-refractivity contribution < 1.29 is 13.2 Å². The number of carbonyl (C=O) groups excluding carboxylic acids is 1. The quantitative estimate of drug-likeness (QED) is 0.719. The molecule has 0 bridgehead atoms. The molecule has 1 amide bonds. The normalized spacial score (nSPS) is 16.9. The van der Waals surface area contributed by atoms with E-state index in [9.17, 15) is 13.2 Å². The van der Waals surface area contributed by atoms with Gasteiger partial charge >= 0.3 is 0 Å². The van der Waals surface area contributed by atoms with Crippen LogP contribution in [0.3, 0.4) is 0 Å². The average Bonchev–Trinajstić information content (AvgIpc) is 3.13. The van der Waals surface area contributed by atoms with E-state index in [0.717, 1.165) is 37.7 Å². The number of carbonyl (C=O) groups is 1. The zero-order valence-electron chi connectivity index (χ0n) is 14.8. The molecule has 0 N–H and O–H groups in total. The maximum atomic E-state index is 12.7. The fraction of sp³-hybridized carbons (Fsp3) is 0.632. The van der Waals surface area contributed by atoms with Gasteiger partial charge in [-0.05, 0) is 31.7 Å². The van der Waals surface area contributed by atoms with Crippen LogP contribution in [0.2, 0.25) is 0 Å². The molecule has 0 radical (unpaired) electrons. The average molecular weight is 352 g/mol. The van der Waals surface area contributed by atoms with Crippen LogP contribution in [0, 0.1) is 0 Å². The van der Waals surface area contributed by atoms with Crippen molar-refractivity contribution in [3.05, 3.63) is 35.9 Å². The van der Waals surface area contributed by atoms with Gasteiger partial charge in [-0.25, -0.2) is 8.42 Å². The lowest BCUT2D eigenvalue weighted by molar-refractivity contribution is -0.133. The van der Waals surface area contributed by atoms with E-state index in [1.54, 1.807) is 0 Å². The van der Waals surface area contributed by atoms with Gasteiger partial charge in [0, 0.05) is 19.0 Å². The minimum atomic E-state index is -3.14. The molecule has 1 unspecified atom stereocenters. The first kappa shape index (κ1) is 19.0. The third kappa shape index (κ3) is 5.07. The Bertz CT molecular complexity index is 621. The van der Waals surface area contributed by atoms with Crippen molar-refractivity contribution in [3.8, 4) is 0 Å². The molecule has 0 spiro atoms. The van der Waals surface area contributed by atoms with Gasteiger partial charge in [0.25, 0.3) is 0 Å². The number of nitrogens with zero attached hydrogens (tertiary/aromatic N) is 1. The molecule has 1 aliphatic rings. The van der Waals surface area contributed by atoms with E-state index in [1.165, 1.54) is 0 Å². The number of amides is 1. The van der Waals surface area contributed by atoms with Gasteiger partial charge in [0.05, 0.1) is 11.0 Å². The SMILES string of the molecule is CCC(C)N(Cc1ccccc1)C(=O)CCS(=O)(=O)C1CCCC1. The van der Waals surface area contributed by atoms with Gasteiger partial charge in [-0.3, -0.25) is 4.79 Å². The Hall–Kier alpha value is -1.36. The Kier molecular flexibility index (Phi) is 6.84. The highest BCUT2D eigenvalue weighted by molar-refractivity contribution is 7.92. The van der Waals surface area contributed by atoms with Gasteiger partial charge < -0.3 is 4.90 Å². The molecule has 5 heteroatoms. The van der Waals surface area contributed by atoms with E-state index in [2.05, 4.69) is 0 Å². The minimum Gasteiger partial charge on any atom is -0.336 e. The van der Waals surface area contributed by atoms with Gasteiger partial charge in [-0.1, -0.05) is 50.1 Å². The molecule has 4 nitrogen and oxygen atoms in total. The molecule has 1 atom stereocenters. The van der Waals surface area contributed by atoms with Crippen LogP contribution < -0.4 is 0 Å². The molecule has 1 aromatic carbocycles. The Morgan fingerprint density at radius 2 is 1.83 bits per heavy atom. The Labute approximate surface area is 146 Å². The second kappa shape index (κ2) is 8.65. The van der Waals surface area contributed by atoms with Gasteiger partial charge in [-0.2, -0.15) is 0 Å². The van der Waals surface area contributed by atoms with Crippen LogP contribution in [0.15, 0.2) is 30.3 Å². The van der Waals surface area contributed by atoms with Gasteiger partial charge in [0.1, 0.15) is 0 Å². The summed E-state index contributed by atoms with van der Waals surface area (Å²) in [5, 5.41) is -0.225. The molecule has 0 saturated heterocycles. The van der Waals surface area contributed by atoms with Crippen LogP contribution in [0.5, 0.6) is 0 Å². The smallest absolute Gasteiger partial charge is 0.224 e. The fourth-order valence-electron chi connectivity index (χ4n) is 3.28. The van der Waals surface area contributed by atoms with Gasteiger partial charge in [0.15, 0.2) is 9.84 Å². The van der Waals surface area contributed by atoms with Crippen LogP contribution in [0.1, 0.15) is 57.9 Å². The van der Waals surface area contributed by atoms with Crippen LogP contribution in [-0.2, 0) is 21.2 Å². The first-order chi connectivity index (χ1) is 11.4. The lowest BCUT2D eigenvalue weighted by Gasteiger charge is -2.29. The van der Waals surface area contributed by atoms with Crippen molar-refractivity contribution in [2.24, 2.45) is 0 Å². The van der Waals surface area contributed by atoms with E-state index < -0.39 is 9.84 Å². The number of rotatable bonds is 8. The minimum absolute atomic E-state index is 0.0157. The topological polar surface area (TPSA) is 54.5 Å². The van der Waals surface area contributed by atoms with Crippen LogP contribution in [0.25, 0.3) is 0 Å². The first-order valence-corrected chi connectivity index (χ1v) is 10.7. The second-order valence-corrected chi connectivity index (χ2v) is 9.19. The van der Waals surface area contributed by atoms with Crippen molar-refractivity contribution in [1.29, 1.82) is 0 Å². The highest BCUT2D eigenvalue weighted by Gasteiger charge is 2.30. The predicted octanol–water partition coefficient (Wildman–Crippen LogP) is 3.56. The van der Waals surface area contributed by atoms with Gasteiger partial charge in [-0.15, -0.1) is 0 Å². The molecule has 1 aromatic rings. The summed E-state index contributed by atoms with van der Waals surface area (Å²) in [4.78, 5) is 14.5. The van der Waals surface area contributed by atoms with Crippen LogP contribution in [0.4, 0.5) is 0 Å². The van der Waals surface area contributed by atoms with E-state index in [4.69, 9.17) is 0 Å². The van der Waals surface area contributed by atoms with Gasteiger partial charge in [0.2, 0.25) is 5.91 Å². The fourth-order valence-corrected chi connectivity index (χ4v) is 5.12. The summed E-state index contributed by atoms with van der Waals surface area (Å²) < 4.78 is 24.8. The molecule has 2 rings (SSSR count). The third-order valence-corrected chi connectivity index (χ3v) is 7.31. The molecular formula is C19H29NO3S. The van der Waals surface area contributed by atoms with E-state index >= 15 is 0 Å². The van der Waals surface area contributed by atoms with Crippen molar-refractivity contribution in [2.75, 3.05) is 5.75 Å². The summed E-state index contributed by atoms with van der Waals surface area (Å²) in [6, 6.07) is 9.97. The first-order valence-electron chi connectivity index (χ1n) is 8.99. The summed E-state index contributed by atoms with van der Waals surface area (Å²) in [5.41, 5.74) is 1.07.